The minimum atomic E-state index is -0.235. The van der Waals surface area contributed by atoms with E-state index in [-0.39, 0.29) is 5.56 Å². The molecule has 6 nitrogen and oxygen atoms in total. The number of rotatable bonds is 6. The van der Waals surface area contributed by atoms with Crippen LogP contribution >= 0.6 is 23.2 Å². The maximum absolute atomic E-state index is 11.7. The van der Waals surface area contributed by atoms with Gasteiger partial charge < -0.3 is 14.9 Å². The smallest absolute Gasteiger partial charge is 0.276 e. The second kappa shape index (κ2) is 7.02. The predicted octanol–water partition coefficient (Wildman–Crippen LogP) is 2.60. The van der Waals surface area contributed by atoms with Crippen molar-refractivity contribution in [3.05, 3.63) is 40.9 Å². The normalized spacial score (nSPS) is 11.0. The number of fused-ring (bicyclic) bond motifs is 1. The lowest BCUT2D eigenvalue weighted by Gasteiger charge is -2.22. The summed E-state index contributed by atoms with van der Waals surface area (Å²) >= 11 is 11.7. The number of benzene rings is 1. The van der Waals surface area contributed by atoms with Gasteiger partial charge in [-0.25, -0.2) is 9.97 Å². The van der Waals surface area contributed by atoms with E-state index in [1.165, 1.54) is 6.33 Å². The highest BCUT2D eigenvalue weighted by Crippen LogP contribution is 2.22. The van der Waals surface area contributed by atoms with Crippen molar-refractivity contribution in [3.8, 4) is 11.4 Å². The van der Waals surface area contributed by atoms with Crippen LogP contribution < -0.4 is 10.5 Å². The lowest BCUT2D eigenvalue weighted by atomic mass is 10.2. The molecule has 0 spiro atoms. The van der Waals surface area contributed by atoms with Crippen molar-refractivity contribution in [2.24, 2.45) is 0 Å². The maximum Gasteiger partial charge on any atom is 0.276 e. The molecule has 0 saturated carbocycles. The fraction of sp³-hybridized carbons (Fsp3) is 0.267. The topological polar surface area (TPSA) is 77.7 Å². The van der Waals surface area contributed by atoms with Crippen molar-refractivity contribution in [3.63, 3.8) is 0 Å². The zero-order valence-electron chi connectivity index (χ0n) is 12.2. The molecule has 0 unspecified atom stereocenters. The van der Waals surface area contributed by atoms with Gasteiger partial charge in [0.2, 0.25) is 0 Å². The van der Waals surface area contributed by atoms with Gasteiger partial charge in [-0.2, -0.15) is 0 Å². The summed E-state index contributed by atoms with van der Waals surface area (Å²) in [5.74, 6) is 1.69. The summed E-state index contributed by atoms with van der Waals surface area (Å²) in [5, 5.41) is 0. The summed E-state index contributed by atoms with van der Waals surface area (Å²) in [4.78, 5) is 27.8. The number of nitrogens with zero attached hydrogens (tertiary/aromatic N) is 3. The van der Waals surface area contributed by atoms with Gasteiger partial charge in [0.05, 0.1) is 6.33 Å². The fourth-order valence-electron chi connectivity index (χ4n) is 2.38. The Morgan fingerprint density at radius 1 is 1.09 bits per heavy atom. The molecule has 0 saturated heterocycles. The molecule has 8 heteroatoms. The van der Waals surface area contributed by atoms with E-state index in [1.807, 2.05) is 24.3 Å². The molecule has 3 aromatic rings. The highest BCUT2D eigenvalue weighted by molar-refractivity contribution is 6.18. The Bertz CT molecular complexity index is 837. The number of nitrogens with one attached hydrogen (secondary N) is 2. The quantitative estimate of drug-likeness (QED) is 0.669. The van der Waals surface area contributed by atoms with E-state index in [9.17, 15) is 4.79 Å². The number of aromatic nitrogens is 4. The standard InChI is InChI=1S/C15H15Cl2N5O/c16-5-7-22(8-6-17)11-3-1-10(2-4-11)13-20-12-14(21-13)18-9-19-15(12)23/h1-4,9H,5-8H2,(H2,18,19,20,21,23). The fourth-order valence-corrected chi connectivity index (χ4v) is 2.79. The van der Waals surface area contributed by atoms with Gasteiger partial charge in [-0.15, -0.1) is 23.2 Å². The average molecular weight is 352 g/mol. The minimum Gasteiger partial charge on any atom is -0.369 e. The van der Waals surface area contributed by atoms with Crippen LogP contribution in [0, 0.1) is 0 Å². The number of hydrogen-bond donors (Lipinski definition) is 2. The zero-order chi connectivity index (χ0) is 16.2. The maximum atomic E-state index is 11.7. The summed E-state index contributed by atoms with van der Waals surface area (Å²) in [6.07, 6.45) is 1.34. The second-order valence-corrected chi connectivity index (χ2v) is 5.68. The van der Waals surface area contributed by atoms with Gasteiger partial charge in [0.25, 0.3) is 5.56 Å². The number of alkyl halides is 2. The van der Waals surface area contributed by atoms with Crippen LogP contribution in [0.2, 0.25) is 0 Å². The largest absolute Gasteiger partial charge is 0.369 e. The molecule has 0 atom stereocenters. The molecule has 2 aromatic heterocycles. The number of aromatic amines is 2. The first kappa shape index (κ1) is 15.8. The van der Waals surface area contributed by atoms with E-state index in [1.54, 1.807) is 0 Å². The van der Waals surface area contributed by atoms with Gasteiger partial charge in [-0.1, -0.05) is 0 Å². The predicted molar refractivity (Wildman–Crippen MR) is 93.6 cm³/mol. The average Bonchev–Trinajstić information content (AvgIpc) is 3.00. The van der Waals surface area contributed by atoms with Crippen molar-refractivity contribution >= 4 is 40.1 Å². The Morgan fingerprint density at radius 3 is 2.39 bits per heavy atom. The van der Waals surface area contributed by atoms with Crippen molar-refractivity contribution in [2.45, 2.75) is 0 Å². The van der Waals surface area contributed by atoms with Crippen molar-refractivity contribution in [2.75, 3.05) is 29.7 Å². The molecule has 2 heterocycles. The first-order valence-corrected chi connectivity index (χ1v) is 8.20. The summed E-state index contributed by atoms with van der Waals surface area (Å²) in [6.45, 7) is 1.47. The van der Waals surface area contributed by atoms with Crippen LogP contribution in [-0.4, -0.2) is 44.8 Å². The Hall–Kier alpha value is -2.05. The molecule has 23 heavy (non-hydrogen) atoms. The van der Waals surface area contributed by atoms with E-state index in [0.29, 0.717) is 28.7 Å². The van der Waals surface area contributed by atoms with E-state index in [4.69, 9.17) is 23.2 Å². The second-order valence-electron chi connectivity index (χ2n) is 4.93. The van der Waals surface area contributed by atoms with Gasteiger partial charge in [-0.05, 0) is 24.3 Å². The van der Waals surface area contributed by atoms with Crippen LogP contribution in [0.3, 0.4) is 0 Å². The SMILES string of the molecule is O=c1[nH]cnc2nc(-c3ccc(N(CCCl)CCCl)cc3)[nH]c12. The van der Waals surface area contributed by atoms with E-state index < -0.39 is 0 Å². The summed E-state index contributed by atoms with van der Waals surface area (Å²) in [5.41, 5.74) is 2.46. The monoisotopic (exact) mass is 351 g/mol. The van der Waals surface area contributed by atoms with Crippen LogP contribution in [0.4, 0.5) is 5.69 Å². The van der Waals surface area contributed by atoms with Crippen LogP contribution in [0.1, 0.15) is 0 Å². The molecule has 0 aliphatic carbocycles. The number of halogens is 2. The molecule has 0 fully saturated rings. The molecular weight excluding hydrogens is 337 g/mol. The highest BCUT2D eigenvalue weighted by Gasteiger charge is 2.10. The van der Waals surface area contributed by atoms with Crippen molar-refractivity contribution in [1.82, 2.24) is 19.9 Å². The van der Waals surface area contributed by atoms with Crippen molar-refractivity contribution < 1.29 is 0 Å². The van der Waals surface area contributed by atoms with Gasteiger partial charge in [0.15, 0.2) is 11.2 Å². The molecule has 0 amide bonds. The lowest BCUT2D eigenvalue weighted by Crippen LogP contribution is -2.27. The molecule has 0 bridgehead atoms. The van der Waals surface area contributed by atoms with E-state index >= 15 is 0 Å². The Morgan fingerprint density at radius 2 is 1.78 bits per heavy atom. The first-order chi connectivity index (χ1) is 11.2. The number of H-pyrrole nitrogens is 2. The highest BCUT2D eigenvalue weighted by atomic mass is 35.5. The minimum absolute atomic E-state index is 0.235. The van der Waals surface area contributed by atoms with Gasteiger partial charge in [0, 0.05) is 36.1 Å². The van der Waals surface area contributed by atoms with Gasteiger partial charge >= 0.3 is 0 Å². The third-order valence-corrected chi connectivity index (χ3v) is 3.85. The zero-order valence-corrected chi connectivity index (χ0v) is 13.7. The van der Waals surface area contributed by atoms with Crippen molar-refractivity contribution in [1.29, 1.82) is 0 Å². The molecular formula is C15H15Cl2N5O. The van der Waals surface area contributed by atoms with Crippen LogP contribution in [0.15, 0.2) is 35.4 Å². The van der Waals surface area contributed by atoms with Crippen LogP contribution in [-0.2, 0) is 0 Å². The number of hydrogen-bond acceptors (Lipinski definition) is 4. The molecule has 2 N–H and O–H groups in total. The van der Waals surface area contributed by atoms with Gasteiger partial charge in [0.1, 0.15) is 5.82 Å². The first-order valence-electron chi connectivity index (χ1n) is 7.13. The summed E-state index contributed by atoms with van der Waals surface area (Å²) < 4.78 is 0. The molecule has 0 aliphatic heterocycles. The third-order valence-electron chi connectivity index (χ3n) is 3.51. The molecule has 0 radical (unpaired) electrons. The lowest BCUT2D eigenvalue weighted by molar-refractivity contribution is 0.874. The summed E-state index contributed by atoms with van der Waals surface area (Å²) in [6, 6.07) is 7.85. The molecule has 1 aromatic carbocycles. The number of imidazole rings is 1. The molecule has 3 rings (SSSR count). The van der Waals surface area contributed by atoms with Crippen LogP contribution in [0.25, 0.3) is 22.6 Å². The summed E-state index contributed by atoms with van der Waals surface area (Å²) in [7, 11) is 0. The van der Waals surface area contributed by atoms with Gasteiger partial charge in [-0.3, -0.25) is 4.79 Å². The van der Waals surface area contributed by atoms with E-state index in [2.05, 4.69) is 24.8 Å². The Balaban J connectivity index is 1.91. The Kier molecular flexibility index (Phi) is 4.83. The van der Waals surface area contributed by atoms with Crippen LogP contribution in [0.5, 0.6) is 0 Å². The van der Waals surface area contributed by atoms with E-state index in [0.717, 1.165) is 24.3 Å². The Labute approximate surface area is 142 Å². The molecule has 0 aliphatic rings. The third kappa shape index (κ3) is 3.33. The number of anilines is 1. The molecule has 120 valence electrons.